The van der Waals surface area contributed by atoms with Crippen LogP contribution in [0.15, 0.2) is 23.3 Å². The van der Waals surface area contributed by atoms with E-state index < -0.39 is 24.1 Å². The second-order valence-electron chi connectivity index (χ2n) is 29.1. The summed E-state index contributed by atoms with van der Waals surface area (Å²) in [6, 6.07) is 0. The number of rotatable bonds is 22. The van der Waals surface area contributed by atoms with Gasteiger partial charge in [-0.2, -0.15) is 0 Å². The van der Waals surface area contributed by atoms with Crippen molar-refractivity contribution in [3.63, 3.8) is 0 Å². The molecule has 0 bridgehead atoms. The van der Waals surface area contributed by atoms with Crippen molar-refractivity contribution in [1.29, 1.82) is 0 Å². The lowest BCUT2D eigenvalue weighted by atomic mass is 9.47. The van der Waals surface area contributed by atoms with E-state index in [-0.39, 0.29) is 49.3 Å². The topological polar surface area (TPSA) is 129 Å². The fourth-order valence-corrected chi connectivity index (χ4v) is 19.2. The number of unbranched alkanes of at least 4 members (excludes halogenated alkanes) is 2. The van der Waals surface area contributed by atoms with Crippen molar-refractivity contribution >= 4 is 24.1 Å². The first kappa shape index (κ1) is 62.1. The molecule has 0 saturated heterocycles. The van der Waals surface area contributed by atoms with Crippen molar-refractivity contribution in [2.75, 3.05) is 26.3 Å². The number of esters is 2. The molecule has 446 valence electrons. The number of carbonyl (C=O) groups is 4. The summed E-state index contributed by atoms with van der Waals surface area (Å²) in [6.45, 7) is 24.7. The summed E-state index contributed by atoms with van der Waals surface area (Å²) < 4.78 is 22.4. The Kier molecular flexibility index (Phi) is 21.5. The van der Waals surface area contributed by atoms with Crippen LogP contribution in [-0.2, 0) is 28.5 Å². The van der Waals surface area contributed by atoms with Crippen LogP contribution in [0.5, 0.6) is 0 Å². The molecule has 0 aliphatic heterocycles. The van der Waals surface area contributed by atoms with Crippen LogP contribution in [0.3, 0.4) is 0 Å². The lowest BCUT2D eigenvalue weighted by Crippen LogP contribution is -2.51. The summed E-state index contributed by atoms with van der Waals surface area (Å²) in [5.74, 6) is 20.3. The van der Waals surface area contributed by atoms with Crippen molar-refractivity contribution in [2.24, 2.45) is 92.7 Å². The molecule has 8 aliphatic rings. The zero-order chi connectivity index (χ0) is 57.2. The largest absolute Gasteiger partial charge is 0.461 e. The third kappa shape index (κ3) is 14.5. The zero-order valence-electron chi connectivity index (χ0n) is 51.7. The van der Waals surface area contributed by atoms with E-state index in [2.05, 4.69) is 116 Å². The molecule has 10 heteroatoms. The smallest absolute Gasteiger partial charge is 0.407 e. The average molecular weight is 1110 g/mol. The predicted molar refractivity (Wildman–Crippen MR) is 319 cm³/mol. The highest BCUT2D eigenvalue weighted by atomic mass is 16.6. The molecule has 6 saturated carbocycles. The van der Waals surface area contributed by atoms with Gasteiger partial charge in [-0.05, 0) is 207 Å². The average Bonchev–Trinajstić information content (AvgIpc) is 4.10. The van der Waals surface area contributed by atoms with Crippen molar-refractivity contribution < 1.29 is 38.1 Å². The third-order valence-corrected chi connectivity index (χ3v) is 23.5. The van der Waals surface area contributed by atoms with E-state index in [0.717, 1.165) is 111 Å². The summed E-state index contributed by atoms with van der Waals surface area (Å²) in [5, 5.41) is 5.11. The Morgan fingerprint density at radius 3 is 1.34 bits per heavy atom. The van der Waals surface area contributed by atoms with Gasteiger partial charge in [-0.25, -0.2) is 9.59 Å². The first-order valence-electron chi connectivity index (χ1n) is 32.8. The van der Waals surface area contributed by atoms with Crippen molar-refractivity contribution in [2.45, 2.75) is 248 Å². The molecule has 0 aromatic carbocycles. The Labute approximate surface area is 485 Å². The maximum Gasteiger partial charge on any atom is 0.407 e. The van der Waals surface area contributed by atoms with Crippen LogP contribution in [0.25, 0.3) is 0 Å². The summed E-state index contributed by atoms with van der Waals surface area (Å²) in [4.78, 5) is 50.5. The molecule has 16 atom stereocenters. The van der Waals surface area contributed by atoms with Gasteiger partial charge >= 0.3 is 24.1 Å². The van der Waals surface area contributed by atoms with Crippen LogP contribution >= 0.6 is 0 Å². The summed E-state index contributed by atoms with van der Waals surface area (Å²) in [6.07, 6.45) is 32.4. The first-order valence-corrected chi connectivity index (χ1v) is 32.8. The van der Waals surface area contributed by atoms with Crippen LogP contribution in [0.2, 0.25) is 0 Å². The summed E-state index contributed by atoms with van der Waals surface area (Å²) in [7, 11) is 0. The molecule has 0 heterocycles. The standard InChI is InChI=1S/C70H108N2O8/c1-47(2)21-19-23-49(5)57-29-31-59-55-27-25-51-43-53(33-37-67(51,7)61(55)35-39-69(57,59)9)79-63(73)45-71-65(75)77-41-17-15-13-11-12-14-16-18-42-78-66(76)72-46-64(74)80-54-34-38-68(8)52(44-54)26-28-56-60-32-30-58(50(6)24-20-22-48(3)4)70(60,10)40-36-62(56)68/h25-26,47-50,53-62H,15-24,27-46H2,1-10H3,(H,71,75)(H,72,76)/t49-,50-,53+,54+,55+,56+,57-,58-,59+,60+,61+,62+,67+,68+,69-,70-/m1/s1. The molecule has 0 radical (unpaired) electrons. The highest BCUT2D eigenvalue weighted by Gasteiger charge is 2.61. The number of carbonyl (C=O) groups excluding carboxylic acids is 4. The molecule has 0 spiro atoms. The molecule has 0 unspecified atom stereocenters. The van der Waals surface area contributed by atoms with Gasteiger partial charge < -0.3 is 29.6 Å². The number of nitrogens with one attached hydrogen (secondary N) is 2. The number of hydrogen-bond donors (Lipinski definition) is 2. The van der Waals surface area contributed by atoms with Gasteiger partial charge in [0.25, 0.3) is 0 Å². The van der Waals surface area contributed by atoms with Gasteiger partial charge in [-0.3, -0.25) is 9.59 Å². The number of allylic oxidation sites excluding steroid dienone is 2. The molecule has 10 nitrogen and oxygen atoms in total. The lowest BCUT2D eigenvalue weighted by Gasteiger charge is -2.58. The zero-order valence-corrected chi connectivity index (χ0v) is 51.7. The van der Waals surface area contributed by atoms with Crippen molar-refractivity contribution in [1.82, 2.24) is 10.6 Å². The van der Waals surface area contributed by atoms with E-state index in [1.54, 1.807) is 0 Å². The molecule has 2 N–H and O–H groups in total. The highest BCUT2D eigenvalue weighted by Crippen LogP contribution is 2.69. The summed E-state index contributed by atoms with van der Waals surface area (Å²) >= 11 is 0. The Bertz CT molecular complexity index is 2170. The molecule has 6 fully saturated rings. The Hall–Kier alpha value is -3.92. The molecule has 80 heavy (non-hydrogen) atoms. The van der Waals surface area contributed by atoms with Gasteiger partial charge in [0.1, 0.15) is 25.3 Å². The maximum atomic E-state index is 12.9. The van der Waals surface area contributed by atoms with Gasteiger partial charge in [-0.1, -0.05) is 143 Å². The Morgan fingerprint density at radius 1 is 0.525 bits per heavy atom. The Morgan fingerprint density at radius 2 is 0.938 bits per heavy atom. The normalized spacial score (nSPS) is 35.5. The van der Waals surface area contributed by atoms with E-state index in [4.69, 9.17) is 18.9 Å². The number of ether oxygens (including phenoxy) is 4. The molecular formula is C70H108N2O8. The fourth-order valence-electron chi connectivity index (χ4n) is 19.2. The minimum Gasteiger partial charge on any atom is -0.461 e. The SMILES string of the molecule is CC(C)CCC[C@@H](C)[C@H]1CC[C@H]2[C@@H]3CC=C4C[C@@H](OC(=O)CNC(=O)OCCCC#CC#CCCCOC(=O)NCC(=O)O[C@H]5CC[C@@]6(C)C(=CC[C@H]7[C@@H]8CC[C@H]([C@H](C)CCCC(C)C)[C@@]8(C)CC[C@@H]76)C5)CC[C@]4(C)[C@H]3CC[C@]12C. The molecule has 8 rings (SSSR count). The van der Waals surface area contributed by atoms with Crippen LogP contribution < -0.4 is 10.6 Å². The first-order chi connectivity index (χ1) is 38.2. The van der Waals surface area contributed by atoms with Crippen molar-refractivity contribution in [3.8, 4) is 23.7 Å². The van der Waals surface area contributed by atoms with Gasteiger partial charge in [0.05, 0.1) is 13.2 Å². The fraction of sp³-hybridized carbons (Fsp3) is 0.829. The van der Waals surface area contributed by atoms with E-state index >= 15 is 0 Å². The minimum atomic E-state index is -0.645. The third-order valence-electron chi connectivity index (χ3n) is 23.5. The van der Waals surface area contributed by atoms with Crippen LogP contribution in [0.1, 0.15) is 236 Å². The molecule has 8 aliphatic carbocycles. The number of amides is 2. The van der Waals surface area contributed by atoms with Gasteiger partial charge in [-0.15, -0.1) is 0 Å². The predicted octanol–water partition coefficient (Wildman–Crippen LogP) is 15.9. The van der Waals surface area contributed by atoms with Crippen LogP contribution in [-0.4, -0.2) is 62.6 Å². The van der Waals surface area contributed by atoms with Gasteiger partial charge in [0.15, 0.2) is 0 Å². The van der Waals surface area contributed by atoms with E-state index in [1.807, 2.05) is 0 Å². The van der Waals surface area contributed by atoms with Crippen LogP contribution in [0, 0.1) is 116 Å². The van der Waals surface area contributed by atoms with Crippen LogP contribution in [0.4, 0.5) is 9.59 Å². The minimum absolute atomic E-state index is 0.155. The van der Waals surface area contributed by atoms with E-state index in [1.165, 1.54) is 101 Å². The highest BCUT2D eigenvalue weighted by molar-refractivity contribution is 5.78. The summed E-state index contributed by atoms with van der Waals surface area (Å²) in [5.41, 5.74) is 4.29. The molecule has 2 amide bonds. The number of hydrogen-bond acceptors (Lipinski definition) is 8. The lowest BCUT2D eigenvalue weighted by molar-refractivity contribution is -0.151. The second kappa shape index (κ2) is 27.6. The van der Waals surface area contributed by atoms with E-state index in [0.29, 0.717) is 48.3 Å². The van der Waals surface area contributed by atoms with Gasteiger partial charge in [0, 0.05) is 25.7 Å². The number of fused-ring (bicyclic) bond motifs is 10. The number of alkyl carbamates (subject to hydrolysis) is 2. The maximum absolute atomic E-state index is 12.9. The van der Waals surface area contributed by atoms with Crippen molar-refractivity contribution in [3.05, 3.63) is 23.3 Å². The molecule has 0 aromatic rings. The Balaban J connectivity index is 0.635. The second-order valence-corrected chi connectivity index (χ2v) is 29.1. The monoisotopic (exact) mass is 1100 g/mol. The van der Waals surface area contributed by atoms with E-state index in [9.17, 15) is 19.2 Å². The quantitative estimate of drug-likeness (QED) is 0.0361. The molecular weight excluding hydrogens is 997 g/mol. The van der Waals surface area contributed by atoms with Gasteiger partial charge in [0.2, 0.25) is 0 Å². The molecule has 0 aromatic heterocycles.